The van der Waals surface area contributed by atoms with Gasteiger partial charge in [-0.15, -0.1) is 11.3 Å². The van der Waals surface area contributed by atoms with Crippen LogP contribution in [0.4, 0.5) is 11.6 Å². The van der Waals surface area contributed by atoms with Gasteiger partial charge in [0.2, 0.25) is 0 Å². The Balaban J connectivity index is 1.88. The number of nitrogens with one attached hydrogen (secondary N) is 1. The zero-order chi connectivity index (χ0) is 13.2. The van der Waals surface area contributed by atoms with Gasteiger partial charge in [0.05, 0.1) is 15.7 Å². The zero-order valence-corrected chi connectivity index (χ0v) is 12.2. The molecule has 0 aliphatic heterocycles. The summed E-state index contributed by atoms with van der Waals surface area (Å²) >= 11 is 5.14. The monoisotopic (exact) mass is 335 g/mol. The number of hydrogen-bond donors (Lipinski definition) is 2. The molecule has 0 saturated heterocycles. The number of fused-ring (bicyclic) bond motifs is 1. The summed E-state index contributed by atoms with van der Waals surface area (Å²) in [6.07, 6.45) is 1.49. The summed E-state index contributed by atoms with van der Waals surface area (Å²) in [4.78, 5) is 13.8. The van der Waals surface area contributed by atoms with Crippen molar-refractivity contribution in [1.29, 1.82) is 0 Å². The number of pyridine rings is 1. The molecule has 0 saturated carbocycles. The molecule has 3 aromatic rings. The number of halogens is 1. The van der Waals surface area contributed by atoms with Gasteiger partial charge in [0, 0.05) is 4.88 Å². The molecule has 0 fully saturated rings. The van der Waals surface area contributed by atoms with Gasteiger partial charge >= 0.3 is 0 Å². The lowest BCUT2D eigenvalue weighted by Crippen LogP contribution is -2.02. The van der Waals surface area contributed by atoms with Gasteiger partial charge in [-0.05, 0) is 40.2 Å². The van der Waals surface area contributed by atoms with Crippen molar-refractivity contribution >= 4 is 49.9 Å². The van der Waals surface area contributed by atoms with E-state index in [1.807, 2.05) is 12.1 Å². The minimum absolute atomic E-state index is 0.458. The molecule has 96 valence electrons. The molecular formula is C12H10BrN5S. The maximum atomic E-state index is 5.65. The summed E-state index contributed by atoms with van der Waals surface area (Å²) in [5.41, 5.74) is 6.25. The number of aromatic nitrogens is 3. The Morgan fingerprint density at radius 3 is 2.89 bits per heavy atom. The Morgan fingerprint density at radius 2 is 2.11 bits per heavy atom. The molecule has 0 bridgehead atoms. The largest absolute Gasteiger partial charge is 0.384 e. The third-order valence-electron chi connectivity index (χ3n) is 2.58. The second-order valence-electron chi connectivity index (χ2n) is 3.89. The van der Waals surface area contributed by atoms with Gasteiger partial charge in [0.15, 0.2) is 5.65 Å². The lowest BCUT2D eigenvalue weighted by Gasteiger charge is -2.06. The molecule has 0 spiro atoms. The summed E-state index contributed by atoms with van der Waals surface area (Å²) in [7, 11) is 0. The minimum Gasteiger partial charge on any atom is -0.384 e. The highest BCUT2D eigenvalue weighted by molar-refractivity contribution is 9.11. The molecule has 0 aliphatic rings. The first-order valence-corrected chi connectivity index (χ1v) is 7.18. The molecule has 0 aromatic carbocycles. The van der Waals surface area contributed by atoms with Crippen LogP contribution >= 0.6 is 27.3 Å². The lowest BCUT2D eigenvalue weighted by molar-refractivity contribution is 1.11. The average Bonchev–Trinajstić information content (AvgIpc) is 2.81. The quantitative estimate of drug-likeness (QED) is 0.769. The molecule has 0 aliphatic carbocycles. The van der Waals surface area contributed by atoms with Gasteiger partial charge in [0.1, 0.15) is 18.0 Å². The Bertz CT molecular complexity index is 727. The summed E-state index contributed by atoms with van der Waals surface area (Å²) in [5, 5.41) is 4.16. The van der Waals surface area contributed by atoms with Crippen LogP contribution in [0.15, 0.2) is 34.4 Å². The minimum atomic E-state index is 0.458. The van der Waals surface area contributed by atoms with E-state index < -0.39 is 0 Å². The van der Waals surface area contributed by atoms with Crippen LogP contribution in [-0.4, -0.2) is 15.0 Å². The first-order valence-electron chi connectivity index (χ1n) is 5.58. The second kappa shape index (κ2) is 5.10. The third-order valence-corrected chi connectivity index (χ3v) is 4.20. The van der Waals surface area contributed by atoms with Crippen LogP contribution < -0.4 is 11.1 Å². The molecule has 3 N–H and O–H groups in total. The molecule has 0 amide bonds. The van der Waals surface area contributed by atoms with Gasteiger partial charge < -0.3 is 11.1 Å². The Labute approximate surface area is 122 Å². The molecule has 3 rings (SSSR count). The number of nitrogen functional groups attached to an aromatic ring is 1. The molecule has 7 heteroatoms. The molecule has 3 heterocycles. The van der Waals surface area contributed by atoms with E-state index in [-0.39, 0.29) is 0 Å². The van der Waals surface area contributed by atoms with Crippen molar-refractivity contribution in [2.45, 2.75) is 6.54 Å². The highest BCUT2D eigenvalue weighted by atomic mass is 79.9. The lowest BCUT2D eigenvalue weighted by atomic mass is 10.3. The molecule has 5 nitrogen and oxygen atoms in total. The van der Waals surface area contributed by atoms with Gasteiger partial charge in [-0.1, -0.05) is 0 Å². The van der Waals surface area contributed by atoms with E-state index in [0.29, 0.717) is 18.0 Å². The number of rotatable bonds is 3. The molecule has 0 atom stereocenters. The topological polar surface area (TPSA) is 76.7 Å². The summed E-state index contributed by atoms with van der Waals surface area (Å²) in [6, 6.07) is 7.73. The Morgan fingerprint density at radius 1 is 1.21 bits per heavy atom. The number of nitrogens with zero attached hydrogens (tertiary/aromatic N) is 3. The zero-order valence-electron chi connectivity index (χ0n) is 9.80. The van der Waals surface area contributed by atoms with Crippen molar-refractivity contribution in [3.8, 4) is 0 Å². The van der Waals surface area contributed by atoms with Gasteiger partial charge in [-0.3, -0.25) is 0 Å². The highest BCUT2D eigenvalue weighted by Crippen LogP contribution is 2.24. The summed E-state index contributed by atoms with van der Waals surface area (Å²) in [6.45, 7) is 0.715. The van der Waals surface area contributed by atoms with Crippen LogP contribution in [0.5, 0.6) is 0 Å². The maximum Gasteiger partial charge on any atom is 0.166 e. The van der Waals surface area contributed by atoms with Gasteiger partial charge in [-0.25, -0.2) is 15.0 Å². The van der Waals surface area contributed by atoms with E-state index in [4.69, 9.17) is 5.73 Å². The van der Waals surface area contributed by atoms with E-state index in [9.17, 15) is 0 Å². The Hall–Kier alpha value is -1.73. The molecule has 0 unspecified atom stereocenters. The second-order valence-corrected chi connectivity index (χ2v) is 6.44. The Kier molecular flexibility index (Phi) is 3.31. The van der Waals surface area contributed by atoms with Crippen molar-refractivity contribution in [3.05, 3.63) is 39.3 Å². The van der Waals surface area contributed by atoms with E-state index in [0.717, 1.165) is 15.0 Å². The maximum absolute atomic E-state index is 5.65. The first-order chi connectivity index (χ1) is 9.22. The van der Waals surface area contributed by atoms with Crippen molar-refractivity contribution in [2.24, 2.45) is 0 Å². The number of nitrogens with two attached hydrogens (primary N) is 1. The van der Waals surface area contributed by atoms with Crippen molar-refractivity contribution in [2.75, 3.05) is 11.1 Å². The van der Waals surface area contributed by atoms with Crippen LogP contribution in [0.2, 0.25) is 0 Å². The molecular weight excluding hydrogens is 326 g/mol. The van der Waals surface area contributed by atoms with Crippen molar-refractivity contribution in [3.63, 3.8) is 0 Å². The smallest absolute Gasteiger partial charge is 0.166 e. The van der Waals surface area contributed by atoms with E-state index in [1.165, 1.54) is 11.2 Å². The fourth-order valence-electron chi connectivity index (χ4n) is 1.72. The van der Waals surface area contributed by atoms with Crippen LogP contribution in [0.3, 0.4) is 0 Å². The number of hydrogen-bond acceptors (Lipinski definition) is 6. The summed E-state index contributed by atoms with van der Waals surface area (Å²) in [5.74, 6) is 1.22. The van der Waals surface area contributed by atoms with Crippen molar-refractivity contribution in [1.82, 2.24) is 15.0 Å². The number of anilines is 2. The third kappa shape index (κ3) is 2.66. The van der Waals surface area contributed by atoms with Crippen molar-refractivity contribution < 1.29 is 0 Å². The van der Waals surface area contributed by atoms with Crippen LogP contribution in [0, 0.1) is 0 Å². The predicted molar refractivity (Wildman–Crippen MR) is 81.1 cm³/mol. The van der Waals surface area contributed by atoms with Gasteiger partial charge in [-0.2, -0.15) is 0 Å². The SMILES string of the molecule is Nc1ccc2c(NCc3ccc(Br)s3)ncnc2n1. The fraction of sp³-hybridized carbons (Fsp3) is 0.0833. The number of thiophene rings is 1. The van der Waals surface area contributed by atoms with Crippen LogP contribution in [-0.2, 0) is 6.54 Å². The predicted octanol–water partition coefficient (Wildman–Crippen LogP) is 3.04. The average molecular weight is 336 g/mol. The highest BCUT2D eigenvalue weighted by Gasteiger charge is 2.05. The van der Waals surface area contributed by atoms with Crippen LogP contribution in [0.25, 0.3) is 11.0 Å². The normalized spacial score (nSPS) is 10.8. The summed E-state index contributed by atoms with van der Waals surface area (Å²) < 4.78 is 1.12. The van der Waals surface area contributed by atoms with E-state index in [2.05, 4.69) is 42.3 Å². The standard InChI is InChI=1S/C12H10BrN5S/c13-9-3-1-7(19-9)5-15-11-8-2-4-10(14)18-12(8)17-6-16-11/h1-4,6H,5H2,(H3,14,15,16,17,18). The van der Waals surface area contributed by atoms with Gasteiger partial charge in [0.25, 0.3) is 0 Å². The van der Waals surface area contributed by atoms with E-state index in [1.54, 1.807) is 17.4 Å². The molecule has 0 radical (unpaired) electrons. The van der Waals surface area contributed by atoms with E-state index >= 15 is 0 Å². The van der Waals surface area contributed by atoms with Crippen LogP contribution in [0.1, 0.15) is 4.88 Å². The molecule has 19 heavy (non-hydrogen) atoms. The first kappa shape index (κ1) is 12.3. The fourth-order valence-corrected chi connectivity index (χ4v) is 3.14. The molecule has 3 aromatic heterocycles.